The second-order valence-electron chi connectivity index (χ2n) is 4.85. The van der Waals surface area contributed by atoms with E-state index >= 15 is 0 Å². The van der Waals surface area contributed by atoms with E-state index in [4.69, 9.17) is 23.2 Å². The first-order valence-electron chi connectivity index (χ1n) is 6.63. The predicted molar refractivity (Wildman–Crippen MR) is 96.4 cm³/mol. The van der Waals surface area contributed by atoms with Crippen LogP contribution in [0.2, 0.25) is 10.2 Å². The van der Waals surface area contributed by atoms with E-state index in [9.17, 15) is 0 Å². The molecule has 0 aliphatic heterocycles. The molecule has 0 spiro atoms. The van der Waals surface area contributed by atoms with Gasteiger partial charge in [-0.05, 0) is 31.7 Å². The second-order valence-corrected chi connectivity index (χ2v) is 5.62. The van der Waals surface area contributed by atoms with Crippen molar-refractivity contribution in [2.24, 2.45) is 18.0 Å². The smallest absolute Gasteiger partial charge is 0.191 e. The molecule has 7 heteroatoms. The summed E-state index contributed by atoms with van der Waals surface area (Å²) in [4.78, 5) is 4.56. The molecule has 114 valence electrons. The summed E-state index contributed by atoms with van der Waals surface area (Å²) >= 11 is 12.0. The fraction of sp³-hybridized carbons (Fsp3) is 0.615. The highest BCUT2D eigenvalue weighted by Crippen LogP contribution is 2.27. The molecule has 2 rings (SSSR count). The molecular weight excluding hydrogens is 410 g/mol. The van der Waals surface area contributed by atoms with Gasteiger partial charge in [0.05, 0.1) is 11.6 Å². The van der Waals surface area contributed by atoms with E-state index in [2.05, 4.69) is 22.5 Å². The number of hydrogen-bond acceptors (Lipinski definition) is 1. The number of nitrogens with zero attached hydrogens (tertiary/aromatic N) is 2. The summed E-state index contributed by atoms with van der Waals surface area (Å²) in [5, 5.41) is 7.73. The number of hydrogen-bond donors (Lipinski definition) is 2. The van der Waals surface area contributed by atoms with E-state index in [1.165, 1.54) is 12.8 Å². The summed E-state index contributed by atoms with van der Waals surface area (Å²) in [5.41, 5.74) is 0.999. The molecule has 0 aromatic carbocycles. The van der Waals surface area contributed by atoms with Gasteiger partial charge in [0.25, 0.3) is 0 Å². The molecule has 1 aromatic heterocycles. The zero-order valence-electron chi connectivity index (χ0n) is 11.7. The highest BCUT2D eigenvalue weighted by atomic mass is 127. The van der Waals surface area contributed by atoms with Crippen LogP contribution in [0.25, 0.3) is 0 Å². The van der Waals surface area contributed by atoms with Gasteiger partial charge >= 0.3 is 0 Å². The first-order valence-corrected chi connectivity index (χ1v) is 7.39. The van der Waals surface area contributed by atoms with Crippen LogP contribution in [0.3, 0.4) is 0 Å². The van der Waals surface area contributed by atoms with Gasteiger partial charge in [-0.1, -0.05) is 23.2 Å². The van der Waals surface area contributed by atoms with E-state index in [-0.39, 0.29) is 24.0 Å². The minimum absolute atomic E-state index is 0. The summed E-state index contributed by atoms with van der Waals surface area (Å²) in [6.07, 6.45) is 2.66. The van der Waals surface area contributed by atoms with E-state index in [0.717, 1.165) is 30.7 Å². The van der Waals surface area contributed by atoms with Crippen molar-refractivity contribution in [1.29, 1.82) is 0 Å². The van der Waals surface area contributed by atoms with Crippen molar-refractivity contribution < 1.29 is 0 Å². The van der Waals surface area contributed by atoms with Crippen molar-refractivity contribution in [1.82, 2.24) is 15.2 Å². The number of nitrogens with one attached hydrogen (secondary N) is 2. The molecule has 1 fully saturated rings. The molecule has 0 bridgehead atoms. The number of aliphatic imine (C=N–C) groups is 1. The highest BCUT2D eigenvalue weighted by Gasteiger charge is 2.21. The monoisotopic (exact) mass is 430 g/mol. The number of guanidine groups is 1. The van der Waals surface area contributed by atoms with Crippen molar-refractivity contribution in [3.8, 4) is 0 Å². The van der Waals surface area contributed by atoms with Gasteiger partial charge in [0, 0.05) is 25.8 Å². The third-order valence-electron chi connectivity index (χ3n) is 3.21. The van der Waals surface area contributed by atoms with Gasteiger partial charge in [0.1, 0.15) is 5.15 Å². The van der Waals surface area contributed by atoms with Crippen molar-refractivity contribution >= 4 is 53.1 Å². The Labute approximate surface area is 147 Å². The lowest BCUT2D eigenvalue weighted by molar-refractivity contribution is 0.734. The van der Waals surface area contributed by atoms with Gasteiger partial charge in [-0.15, -0.1) is 24.0 Å². The molecule has 2 N–H and O–H groups in total. The van der Waals surface area contributed by atoms with Crippen LogP contribution in [0, 0.1) is 5.92 Å². The molecule has 20 heavy (non-hydrogen) atoms. The van der Waals surface area contributed by atoms with Crippen molar-refractivity contribution in [3.05, 3.63) is 21.9 Å². The molecular formula is C13H21Cl2IN4. The SMILES string of the molecule is CCNC(=NCc1cc(Cl)c(Cl)n1C)NCC1CC1.I. The normalized spacial score (nSPS) is 14.9. The van der Waals surface area contributed by atoms with Crippen molar-refractivity contribution in [2.45, 2.75) is 26.3 Å². The third-order valence-corrected chi connectivity index (χ3v) is 4.06. The van der Waals surface area contributed by atoms with E-state index in [1.54, 1.807) is 0 Å². The highest BCUT2D eigenvalue weighted by molar-refractivity contribution is 14.0. The summed E-state index contributed by atoms with van der Waals surface area (Å²) in [6, 6.07) is 1.86. The predicted octanol–water partition coefficient (Wildman–Crippen LogP) is 3.42. The lowest BCUT2D eigenvalue weighted by atomic mass is 10.4. The minimum Gasteiger partial charge on any atom is -0.357 e. The molecule has 0 saturated heterocycles. The van der Waals surface area contributed by atoms with Gasteiger partial charge in [-0.2, -0.15) is 0 Å². The molecule has 0 amide bonds. The van der Waals surface area contributed by atoms with Crippen LogP contribution in [0.1, 0.15) is 25.5 Å². The van der Waals surface area contributed by atoms with Crippen LogP contribution in [0.5, 0.6) is 0 Å². The standard InChI is InChI=1S/C13H20Cl2N4.HI/c1-3-16-13(17-7-9-4-5-9)18-8-10-6-11(14)12(15)19(10)2;/h6,9H,3-5,7-8H2,1-2H3,(H2,16,17,18);1H. The minimum atomic E-state index is 0. The Morgan fingerprint density at radius 3 is 2.60 bits per heavy atom. The quantitative estimate of drug-likeness (QED) is 0.427. The van der Waals surface area contributed by atoms with Crippen LogP contribution in [0.4, 0.5) is 0 Å². The fourth-order valence-electron chi connectivity index (χ4n) is 1.81. The number of aromatic nitrogens is 1. The zero-order valence-corrected chi connectivity index (χ0v) is 15.6. The maximum Gasteiger partial charge on any atom is 0.191 e. The molecule has 0 radical (unpaired) electrons. The van der Waals surface area contributed by atoms with Crippen molar-refractivity contribution in [3.63, 3.8) is 0 Å². The van der Waals surface area contributed by atoms with Crippen LogP contribution in [0.15, 0.2) is 11.1 Å². The first kappa shape index (κ1) is 17.9. The fourth-order valence-corrected chi connectivity index (χ4v) is 2.22. The lowest BCUT2D eigenvalue weighted by Crippen LogP contribution is -2.38. The van der Waals surface area contributed by atoms with Gasteiger partial charge in [0.2, 0.25) is 0 Å². The second kappa shape index (κ2) is 8.34. The largest absolute Gasteiger partial charge is 0.357 e. The molecule has 1 heterocycles. The molecule has 1 aromatic rings. The van der Waals surface area contributed by atoms with Gasteiger partial charge in [0.15, 0.2) is 5.96 Å². The van der Waals surface area contributed by atoms with E-state index in [1.807, 2.05) is 17.7 Å². The van der Waals surface area contributed by atoms with E-state index < -0.39 is 0 Å². The number of halogens is 3. The average molecular weight is 431 g/mol. The lowest BCUT2D eigenvalue weighted by Gasteiger charge is -2.10. The summed E-state index contributed by atoms with van der Waals surface area (Å²) < 4.78 is 1.86. The maximum atomic E-state index is 6.04. The van der Waals surface area contributed by atoms with Gasteiger partial charge in [-0.25, -0.2) is 4.99 Å². The van der Waals surface area contributed by atoms with E-state index in [0.29, 0.717) is 16.7 Å². The zero-order chi connectivity index (χ0) is 13.8. The molecule has 0 unspecified atom stereocenters. The van der Waals surface area contributed by atoms with Crippen molar-refractivity contribution in [2.75, 3.05) is 13.1 Å². The summed E-state index contributed by atoms with van der Waals surface area (Å²) in [5.74, 6) is 1.67. The molecule has 4 nitrogen and oxygen atoms in total. The van der Waals surface area contributed by atoms with Crippen LogP contribution in [-0.4, -0.2) is 23.6 Å². The Morgan fingerprint density at radius 2 is 2.10 bits per heavy atom. The topological polar surface area (TPSA) is 41.4 Å². The summed E-state index contributed by atoms with van der Waals surface area (Å²) in [7, 11) is 1.89. The Kier molecular flexibility index (Phi) is 7.47. The molecule has 1 saturated carbocycles. The Balaban J connectivity index is 0.00000200. The van der Waals surface area contributed by atoms with Gasteiger partial charge in [-0.3, -0.25) is 0 Å². The molecule has 1 aliphatic carbocycles. The van der Waals surface area contributed by atoms with Crippen LogP contribution >= 0.6 is 47.2 Å². The maximum absolute atomic E-state index is 6.04. The Bertz CT molecular complexity index is 469. The third kappa shape index (κ3) is 5.00. The molecule has 0 atom stereocenters. The summed E-state index contributed by atoms with van der Waals surface area (Å²) in [6.45, 7) is 4.47. The number of rotatable bonds is 5. The van der Waals surface area contributed by atoms with Gasteiger partial charge < -0.3 is 15.2 Å². The van der Waals surface area contributed by atoms with Crippen LogP contribution < -0.4 is 10.6 Å². The molecule has 1 aliphatic rings. The van der Waals surface area contributed by atoms with Crippen LogP contribution in [-0.2, 0) is 13.6 Å². The average Bonchev–Trinajstić information content (AvgIpc) is 3.18. The Morgan fingerprint density at radius 1 is 1.40 bits per heavy atom. The Hall–Kier alpha value is -0.140. The first-order chi connectivity index (χ1) is 9.11.